The summed E-state index contributed by atoms with van der Waals surface area (Å²) in [5.41, 5.74) is 3.47. The molecule has 0 radical (unpaired) electrons. The number of methoxy groups -OCH3 is 1. The van der Waals surface area contributed by atoms with Gasteiger partial charge in [0.05, 0.1) is 20.1 Å². The minimum Gasteiger partial charge on any atom is -0.497 e. The minimum absolute atomic E-state index is 0.115. The van der Waals surface area contributed by atoms with Gasteiger partial charge >= 0.3 is 0 Å². The van der Waals surface area contributed by atoms with E-state index >= 15 is 0 Å². The number of carbonyl (C=O) groups excluding carboxylic acids is 2. The molecule has 0 fully saturated rings. The molecule has 1 heterocycles. The zero-order valence-electron chi connectivity index (χ0n) is 19.9. The summed E-state index contributed by atoms with van der Waals surface area (Å²) in [6.45, 7) is 0.583. The maximum absolute atomic E-state index is 13.8. The van der Waals surface area contributed by atoms with E-state index in [1.807, 2.05) is 24.3 Å². The van der Waals surface area contributed by atoms with Gasteiger partial charge in [-0.2, -0.15) is 0 Å². The molecular weight excluding hydrogens is 457 g/mol. The molecule has 0 bridgehead atoms. The van der Waals surface area contributed by atoms with Crippen molar-refractivity contribution in [1.29, 1.82) is 0 Å². The largest absolute Gasteiger partial charge is 0.497 e. The van der Waals surface area contributed by atoms with Gasteiger partial charge in [0, 0.05) is 30.2 Å². The highest BCUT2D eigenvalue weighted by atomic mass is 19.1. The summed E-state index contributed by atoms with van der Waals surface area (Å²) >= 11 is 0. The third-order valence-electron chi connectivity index (χ3n) is 5.62. The second-order valence-corrected chi connectivity index (χ2v) is 8.23. The molecule has 0 aliphatic rings. The van der Waals surface area contributed by atoms with Crippen molar-refractivity contribution in [2.24, 2.45) is 0 Å². The number of rotatable bonds is 9. The second kappa shape index (κ2) is 11.8. The molecule has 6 nitrogen and oxygen atoms in total. The molecule has 0 saturated carbocycles. The highest BCUT2D eigenvalue weighted by Crippen LogP contribution is 2.23. The summed E-state index contributed by atoms with van der Waals surface area (Å²) in [4.78, 5) is 31.5. The number of pyridine rings is 1. The standard InChI is InChI=1S/C29H26FN3O3/c1-36-27-9-3-7-24(17-27)29(35)33(20-22-5-2-8-25(30)15-22)26-12-10-21(11-13-26)16-28(34)32-19-23-6-4-14-31-18-23/h2-15,17-18H,16,19-20H2,1H3,(H,32,34). The number of ether oxygens (including phenoxy) is 1. The Hall–Kier alpha value is -4.52. The summed E-state index contributed by atoms with van der Waals surface area (Å²) in [6, 6.07) is 24.0. The number of hydrogen-bond donors (Lipinski definition) is 1. The summed E-state index contributed by atoms with van der Waals surface area (Å²) < 4.78 is 19.1. The quantitative estimate of drug-likeness (QED) is 0.366. The third kappa shape index (κ3) is 6.54. The van der Waals surface area contributed by atoms with E-state index in [1.165, 1.54) is 12.1 Å². The first-order valence-electron chi connectivity index (χ1n) is 11.5. The molecule has 0 atom stereocenters. The maximum atomic E-state index is 13.8. The van der Waals surface area contributed by atoms with Gasteiger partial charge in [0.15, 0.2) is 0 Å². The number of aromatic nitrogens is 1. The molecule has 3 aromatic carbocycles. The van der Waals surface area contributed by atoms with Crippen molar-refractivity contribution >= 4 is 17.5 Å². The highest BCUT2D eigenvalue weighted by Gasteiger charge is 2.19. The summed E-state index contributed by atoms with van der Waals surface area (Å²) in [5, 5.41) is 2.88. The van der Waals surface area contributed by atoms with Crippen molar-refractivity contribution in [3.8, 4) is 5.75 Å². The number of nitrogens with zero attached hydrogens (tertiary/aromatic N) is 2. The fraction of sp³-hybridized carbons (Fsp3) is 0.138. The van der Waals surface area contributed by atoms with Crippen molar-refractivity contribution in [2.45, 2.75) is 19.5 Å². The Morgan fingerprint density at radius 1 is 0.917 bits per heavy atom. The summed E-state index contributed by atoms with van der Waals surface area (Å²) in [5.74, 6) is -0.163. The number of amides is 2. The van der Waals surface area contributed by atoms with Crippen LogP contribution in [0.25, 0.3) is 0 Å². The maximum Gasteiger partial charge on any atom is 0.258 e. The Bertz CT molecular complexity index is 1330. The number of hydrogen-bond acceptors (Lipinski definition) is 4. The van der Waals surface area contributed by atoms with Gasteiger partial charge in [-0.1, -0.05) is 36.4 Å². The minimum atomic E-state index is -0.367. The van der Waals surface area contributed by atoms with Crippen LogP contribution in [0.2, 0.25) is 0 Å². The molecule has 0 saturated heterocycles. The second-order valence-electron chi connectivity index (χ2n) is 8.23. The van der Waals surface area contributed by atoms with Crippen LogP contribution in [-0.4, -0.2) is 23.9 Å². The number of halogens is 1. The number of carbonyl (C=O) groups is 2. The van der Waals surface area contributed by atoms with Gasteiger partial charge in [-0.05, 0) is 65.2 Å². The van der Waals surface area contributed by atoms with E-state index in [1.54, 1.807) is 72.9 Å². The van der Waals surface area contributed by atoms with Crippen molar-refractivity contribution < 1.29 is 18.7 Å². The van der Waals surface area contributed by atoms with E-state index in [0.29, 0.717) is 29.1 Å². The van der Waals surface area contributed by atoms with Gasteiger partial charge in [0.2, 0.25) is 5.91 Å². The highest BCUT2D eigenvalue weighted by molar-refractivity contribution is 6.06. The molecule has 2 amide bonds. The van der Waals surface area contributed by atoms with Crippen LogP contribution in [0, 0.1) is 5.82 Å². The van der Waals surface area contributed by atoms with Crippen molar-refractivity contribution in [3.63, 3.8) is 0 Å². The van der Waals surface area contributed by atoms with E-state index in [0.717, 1.165) is 11.1 Å². The Morgan fingerprint density at radius 3 is 2.42 bits per heavy atom. The van der Waals surface area contributed by atoms with Gasteiger partial charge in [-0.25, -0.2) is 4.39 Å². The molecular formula is C29H26FN3O3. The van der Waals surface area contributed by atoms with E-state index in [-0.39, 0.29) is 30.6 Å². The van der Waals surface area contributed by atoms with Crippen LogP contribution in [0.1, 0.15) is 27.0 Å². The van der Waals surface area contributed by atoms with Gasteiger partial charge in [0.1, 0.15) is 11.6 Å². The lowest BCUT2D eigenvalue weighted by molar-refractivity contribution is -0.120. The third-order valence-corrected chi connectivity index (χ3v) is 5.62. The van der Waals surface area contributed by atoms with Crippen molar-refractivity contribution in [3.05, 3.63) is 125 Å². The molecule has 0 aliphatic heterocycles. The molecule has 182 valence electrons. The smallest absolute Gasteiger partial charge is 0.258 e. The first kappa shape index (κ1) is 24.6. The Morgan fingerprint density at radius 2 is 1.69 bits per heavy atom. The molecule has 1 N–H and O–H groups in total. The fourth-order valence-corrected chi connectivity index (χ4v) is 3.76. The first-order chi connectivity index (χ1) is 17.5. The zero-order valence-corrected chi connectivity index (χ0v) is 19.9. The van der Waals surface area contributed by atoms with Gasteiger partial charge in [0.25, 0.3) is 5.91 Å². The average Bonchev–Trinajstić information content (AvgIpc) is 2.91. The fourth-order valence-electron chi connectivity index (χ4n) is 3.76. The lowest BCUT2D eigenvalue weighted by atomic mass is 10.1. The molecule has 7 heteroatoms. The van der Waals surface area contributed by atoms with Crippen LogP contribution in [0.5, 0.6) is 5.75 Å². The zero-order chi connectivity index (χ0) is 25.3. The molecule has 36 heavy (non-hydrogen) atoms. The van der Waals surface area contributed by atoms with Crippen LogP contribution in [0.15, 0.2) is 97.3 Å². The lowest BCUT2D eigenvalue weighted by Gasteiger charge is -2.24. The Balaban J connectivity index is 1.51. The van der Waals surface area contributed by atoms with Crippen LogP contribution >= 0.6 is 0 Å². The number of benzene rings is 3. The average molecular weight is 484 g/mol. The summed E-state index contributed by atoms with van der Waals surface area (Å²) in [7, 11) is 1.54. The number of nitrogens with one attached hydrogen (secondary N) is 1. The lowest BCUT2D eigenvalue weighted by Crippen LogP contribution is -2.30. The Kier molecular flexibility index (Phi) is 8.03. The monoisotopic (exact) mass is 483 g/mol. The van der Waals surface area contributed by atoms with Gasteiger partial charge in [-0.15, -0.1) is 0 Å². The summed E-state index contributed by atoms with van der Waals surface area (Å²) in [6.07, 6.45) is 3.60. The number of anilines is 1. The van der Waals surface area contributed by atoms with E-state index in [2.05, 4.69) is 10.3 Å². The first-order valence-corrected chi connectivity index (χ1v) is 11.5. The van der Waals surface area contributed by atoms with Crippen LogP contribution in [-0.2, 0) is 24.3 Å². The molecule has 4 rings (SSSR count). The molecule has 0 aliphatic carbocycles. The van der Waals surface area contributed by atoms with Crippen molar-refractivity contribution in [1.82, 2.24) is 10.3 Å². The normalized spacial score (nSPS) is 10.5. The van der Waals surface area contributed by atoms with Crippen LogP contribution < -0.4 is 15.0 Å². The van der Waals surface area contributed by atoms with E-state index < -0.39 is 0 Å². The molecule has 0 unspecified atom stereocenters. The molecule has 0 spiro atoms. The molecule has 1 aromatic heterocycles. The van der Waals surface area contributed by atoms with Crippen molar-refractivity contribution in [2.75, 3.05) is 12.0 Å². The SMILES string of the molecule is COc1cccc(C(=O)N(Cc2cccc(F)c2)c2ccc(CC(=O)NCc3cccnc3)cc2)c1. The van der Waals surface area contributed by atoms with E-state index in [9.17, 15) is 14.0 Å². The van der Waals surface area contributed by atoms with Gasteiger partial charge in [-0.3, -0.25) is 14.6 Å². The van der Waals surface area contributed by atoms with E-state index in [4.69, 9.17) is 4.74 Å². The Labute approximate surface area is 209 Å². The molecule has 4 aromatic rings. The van der Waals surface area contributed by atoms with Crippen LogP contribution in [0.4, 0.5) is 10.1 Å². The predicted octanol–water partition coefficient (Wildman–Crippen LogP) is 4.94. The predicted molar refractivity (Wildman–Crippen MR) is 136 cm³/mol. The van der Waals surface area contributed by atoms with Crippen LogP contribution in [0.3, 0.4) is 0 Å². The van der Waals surface area contributed by atoms with Gasteiger partial charge < -0.3 is 15.0 Å². The topological polar surface area (TPSA) is 71.5 Å².